The Morgan fingerprint density at radius 1 is 1.21 bits per heavy atom. The molecule has 8 nitrogen and oxygen atoms in total. The van der Waals surface area contributed by atoms with Crippen molar-refractivity contribution in [2.24, 2.45) is 4.99 Å². The Bertz CT molecular complexity index is 1050. The highest BCUT2D eigenvalue weighted by Crippen LogP contribution is 2.31. The minimum absolute atomic E-state index is 0.0234. The Balaban J connectivity index is 1.95. The summed E-state index contributed by atoms with van der Waals surface area (Å²) in [5, 5.41) is 11.2. The van der Waals surface area contributed by atoms with E-state index in [1.807, 2.05) is 13.8 Å². The number of ether oxygens (including phenoxy) is 3. The summed E-state index contributed by atoms with van der Waals surface area (Å²) in [4.78, 5) is 26.8. The first kappa shape index (κ1) is 20.3. The summed E-state index contributed by atoms with van der Waals surface area (Å²) < 4.78 is 16.2. The summed E-state index contributed by atoms with van der Waals surface area (Å²) >= 11 is 6.09. The van der Waals surface area contributed by atoms with Crippen LogP contribution in [0.1, 0.15) is 25.0 Å². The van der Waals surface area contributed by atoms with E-state index in [-0.39, 0.29) is 34.0 Å². The molecule has 0 spiro atoms. The van der Waals surface area contributed by atoms with Gasteiger partial charge in [0.05, 0.1) is 28.7 Å². The number of esters is 1. The number of rotatable bonds is 6. The fraction of sp³-hybridized carbons (Fsp3) is 0.200. The van der Waals surface area contributed by atoms with Gasteiger partial charge in [-0.2, -0.15) is 0 Å². The molecule has 1 heterocycles. The smallest absolute Gasteiger partial charge is 0.363 e. The third-order valence-corrected chi connectivity index (χ3v) is 4.20. The number of carbonyl (C=O) groups excluding carboxylic acids is 1. The van der Waals surface area contributed by atoms with Gasteiger partial charge in [0.1, 0.15) is 0 Å². The van der Waals surface area contributed by atoms with Gasteiger partial charge in [-0.3, -0.25) is 10.1 Å². The van der Waals surface area contributed by atoms with Crippen molar-refractivity contribution in [3.05, 3.63) is 68.4 Å². The Morgan fingerprint density at radius 2 is 1.97 bits per heavy atom. The quantitative estimate of drug-likeness (QED) is 0.299. The van der Waals surface area contributed by atoms with E-state index < -0.39 is 10.9 Å². The van der Waals surface area contributed by atoms with Crippen LogP contribution in [0.2, 0.25) is 5.02 Å². The lowest BCUT2D eigenvalue weighted by molar-refractivity contribution is -0.384. The fourth-order valence-electron chi connectivity index (χ4n) is 2.60. The van der Waals surface area contributed by atoms with Gasteiger partial charge in [-0.1, -0.05) is 17.7 Å². The molecule has 150 valence electrons. The summed E-state index contributed by atoms with van der Waals surface area (Å²) in [6, 6.07) is 8.99. The molecule has 0 saturated heterocycles. The van der Waals surface area contributed by atoms with Gasteiger partial charge in [0.15, 0.2) is 17.2 Å². The number of aliphatic imine (C=N–C) groups is 1. The number of hydrogen-bond acceptors (Lipinski definition) is 7. The average Bonchev–Trinajstić information content (AvgIpc) is 3.02. The summed E-state index contributed by atoms with van der Waals surface area (Å²) in [5.74, 6) is 0.294. The van der Waals surface area contributed by atoms with Crippen LogP contribution in [0.4, 0.5) is 5.69 Å². The van der Waals surface area contributed by atoms with Gasteiger partial charge in [0, 0.05) is 12.1 Å². The molecule has 0 aliphatic carbocycles. The summed E-state index contributed by atoms with van der Waals surface area (Å²) in [6.07, 6.45) is 1.49. The maximum atomic E-state index is 12.2. The number of benzene rings is 2. The second kappa shape index (κ2) is 8.32. The van der Waals surface area contributed by atoms with Crippen LogP contribution in [0, 0.1) is 10.1 Å². The highest BCUT2D eigenvalue weighted by molar-refractivity contribution is 6.34. The molecule has 0 atom stereocenters. The minimum atomic E-state index is -0.691. The van der Waals surface area contributed by atoms with Gasteiger partial charge in [-0.25, -0.2) is 9.79 Å². The Morgan fingerprint density at radius 3 is 2.62 bits per heavy atom. The topological polar surface area (TPSA) is 100 Å². The Hall–Kier alpha value is -3.39. The second-order valence-electron chi connectivity index (χ2n) is 6.33. The van der Waals surface area contributed by atoms with E-state index in [4.69, 9.17) is 25.8 Å². The molecule has 0 bridgehead atoms. The molecule has 0 N–H and O–H groups in total. The van der Waals surface area contributed by atoms with Gasteiger partial charge >= 0.3 is 5.97 Å². The monoisotopic (exact) mass is 416 g/mol. The zero-order chi connectivity index (χ0) is 21.1. The molecule has 0 unspecified atom stereocenters. The molecule has 3 rings (SSSR count). The van der Waals surface area contributed by atoms with Gasteiger partial charge in [-0.15, -0.1) is 0 Å². The van der Waals surface area contributed by atoms with Gasteiger partial charge in [-0.05, 0) is 43.7 Å². The number of hydrogen-bond donors (Lipinski definition) is 0. The van der Waals surface area contributed by atoms with Crippen molar-refractivity contribution in [1.82, 2.24) is 0 Å². The lowest BCUT2D eigenvalue weighted by atomic mass is 10.1. The highest BCUT2D eigenvalue weighted by Gasteiger charge is 2.27. The standard InChI is InChI=1S/C20H17ClN2O6/c1-11(2)28-17-7-4-12(9-18(17)27-3)8-16-20(24)29-19(22-16)14-10-13(23(25)26)5-6-15(14)21/h4-11H,1-3H3/b16-8-. The molecule has 2 aromatic rings. The van der Waals surface area contributed by atoms with Crippen molar-refractivity contribution < 1.29 is 23.9 Å². The van der Waals surface area contributed by atoms with Crippen molar-refractivity contribution in [2.75, 3.05) is 7.11 Å². The zero-order valence-corrected chi connectivity index (χ0v) is 16.6. The number of nitro benzene ring substituents is 1. The largest absolute Gasteiger partial charge is 0.493 e. The third kappa shape index (κ3) is 4.55. The van der Waals surface area contributed by atoms with E-state index in [1.54, 1.807) is 18.2 Å². The average molecular weight is 417 g/mol. The van der Waals surface area contributed by atoms with E-state index in [0.29, 0.717) is 17.1 Å². The lowest BCUT2D eigenvalue weighted by Crippen LogP contribution is -2.07. The number of cyclic esters (lactones) is 1. The molecule has 0 fully saturated rings. The molecular weight excluding hydrogens is 400 g/mol. The van der Waals surface area contributed by atoms with Crippen molar-refractivity contribution in [3.63, 3.8) is 0 Å². The molecule has 0 radical (unpaired) electrons. The predicted octanol–water partition coefficient (Wildman–Crippen LogP) is 4.39. The van der Waals surface area contributed by atoms with Crippen LogP contribution in [-0.4, -0.2) is 30.0 Å². The number of halogens is 1. The zero-order valence-electron chi connectivity index (χ0n) is 15.8. The van der Waals surface area contributed by atoms with Crippen LogP contribution in [-0.2, 0) is 9.53 Å². The van der Waals surface area contributed by atoms with Crippen LogP contribution in [0.5, 0.6) is 11.5 Å². The molecule has 29 heavy (non-hydrogen) atoms. The number of carbonyl (C=O) groups is 1. The van der Waals surface area contributed by atoms with E-state index >= 15 is 0 Å². The first-order chi connectivity index (χ1) is 13.8. The summed E-state index contributed by atoms with van der Waals surface area (Å²) in [7, 11) is 1.52. The fourth-order valence-corrected chi connectivity index (χ4v) is 2.80. The third-order valence-electron chi connectivity index (χ3n) is 3.87. The first-order valence-electron chi connectivity index (χ1n) is 8.60. The van der Waals surface area contributed by atoms with E-state index in [0.717, 1.165) is 0 Å². The molecule has 2 aromatic carbocycles. The molecule has 0 aromatic heterocycles. The maximum Gasteiger partial charge on any atom is 0.363 e. The van der Waals surface area contributed by atoms with Crippen LogP contribution in [0.15, 0.2) is 47.1 Å². The molecule has 0 saturated carbocycles. The number of methoxy groups -OCH3 is 1. The number of nitrogens with zero attached hydrogens (tertiary/aromatic N) is 2. The second-order valence-corrected chi connectivity index (χ2v) is 6.74. The van der Waals surface area contributed by atoms with E-state index in [9.17, 15) is 14.9 Å². The van der Waals surface area contributed by atoms with Crippen LogP contribution < -0.4 is 9.47 Å². The van der Waals surface area contributed by atoms with Crippen LogP contribution >= 0.6 is 11.6 Å². The molecule has 9 heteroatoms. The normalized spacial score (nSPS) is 14.7. The lowest BCUT2D eigenvalue weighted by Gasteiger charge is -2.13. The molecule has 0 amide bonds. The van der Waals surface area contributed by atoms with Gasteiger partial charge in [0.2, 0.25) is 5.90 Å². The van der Waals surface area contributed by atoms with Gasteiger partial charge in [0.25, 0.3) is 5.69 Å². The van der Waals surface area contributed by atoms with E-state index in [2.05, 4.69) is 4.99 Å². The van der Waals surface area contributed by atoms with Crippen molar-refractivity contribution in [2.45, 2.75) is 20.0 Å². The Labute approximate surface area is 171 Å². The molecule has 1 aliphatic rings. The minimum Gasteiger partial charge on any atom is -0.493 e. The highest BCUT2D eigenvalue weighted by atomic mass is 35.5. The first-order valence-corrected chi connectivity index (χ1v) is 8.98. The maximum absolute atomic E-state index is 12.2. The predicted molar refractivity (Wildman–Crippen MR) is 107 cm³/mol. The number of nitro groups is 1. The van der Waals surface area contributed by atoms with Crippen LogP contribution in [0.25, 0.3) is 6.08 Å². The SMILES string of the molecule is COc1cc(/C=C2\N=C(c3cc([N+](=O)[O-])ccc3Cl)OC2=O)ccc1OC(C)C. The summed E-state index contributed by atoms with van der Waals surface area (Å²) in [6.45, 7) is 3.80. The van der Waals surface area contributed by atoms with Crippen molar-refractivity contribution in [1.29, 1.82) is 0 Å². The summed E-state index contributed by atoms with van der Waals surface area (Å²) in [5.41, 5.74) is 0.643. The van der Waals surface area contributed by atoms with Crippen molar-refractivity contribution in [3.8, 4) is 11.5 Å². The van der Waals surface area contributed by atoms with Crippen molar-refractivity contribution >= 4 is 35.2 Å². The Kier molecular flexibility index (Phi) is 5.84. The molecular formula is C20H17ClN2O6. The van der Waals surface area contributed by atoms with Gasteiger partial charge < -0.3 is 14.2 Å². The van der Waals surface area contributed by atoms with Crippen LogP contribution in [0.3, 0.4) is 0 Å². The molecule has 1 aliphatic heterocycles. The number of non-ortho nitro benzene ring substituents is 1. The van der Waals surface area contributed by atoms with E-state index in [1.165, 1.54) is 31.4 Å².